The molecule has 1 amide bonds. The Morgan fingerprint density at radius 3 is 2.90 bits per heavy atom. The van der Waals surface area contributed by atoms with Gasteiger partial charge in [-0.2, -0.15) is 5.10 Å². The molecule has 0 saturated carbocycles. The summed E-state index contributed by atoms with van der Waals surface area (Å²) in [4.78, 5) is 20.1. The first kappa shape index (κ1) is 14.5. The van der Waals surface area contributed by atoms with Crippen LogP contribution in [0.5, 0.6) is 0 Å². The first-order valence-electron chi connectivity index (χ1n) is 6.19. The van der Waals surface area contributed by atoms with Gasteiger partial charge >= 0.3 is 0 Å². The van der Waals surface area contributed by atoms with Crippen molar-refractivity contribution in [2.45, 2.75) is 25.5 Å². The summed E-state index contributed by atoms with van der Waals surface area (Å²) < 4.78 is 1.58. The number of rotatable bonds is 4. The summed E-state index contributed by atoms with van der Waals surface area (Å²) in [7, 11) is 0. The van der Waals surface area contributed by atoms with Gasteiger partial charge in [-0.3, -0.25) is 4.79 Å². The molecule has 0 aliphatic rings. The molecule has 0 atom stereocenters. The standard InChI is InChI=1S/C13H17N5OS/c1-13(2,3)20-7-11(19)17-10-5-4-6-15-12(10)18-9-14-8-16-18/h4-6,8-9H,7H2,1-3H3,(H,17,19). The number of hydrogen-bond acceptors (Lipinski definition) is 5. The fourth-order valence-corrected chi connectivity index (χ4v) is 2.10. The van der Waals surface area contributed by atoms with Crippen LogP contribution in [-0.4, -0.2) is 36.2 Å². The Labute approximate surface area is 122 Å². The second kappa shape index (κ2) is 6.04. The fraction of sp³-hybridized carbons (Fsp3) is 0.385. The van der Waals surface area contributed by atoms with Crippen molar-refractivity contribution in [3.8, 4) is 5.82 Å². The van der Waals surface area contributed by atoms with Crippen molar-refractivity contribution in [3.63, 3.8) is 0 Å². The van der Waals surface area contributed by atoms with E-state index in [9.17, 15) is 4.79 Å². The third kappa shape index (κ3) is 4.06. The maximum atomic E-state index is 12.0. The zero-order chi connectivity index (χ0) is 14.6. The molecule has 2 heterocycles. The predicted octanol–water partition coefficient (Wildman–Crippen LogP) is 2.13. The predicted molar refractivity (Wildman–Crippen MR) is 80.0 cm³/mol. The molecule has 1 N–H and O–H groups in total. The first-order valence-corrected chi connectivity index (χ1v) is 7.18. The lowest BCUT2D eigenvalue weighted by Gasteiger charge is -2.17. The van der Waals surface area contributed by atoms with Gasteiger partial charge in [0.1, 0.15) is 12.7 Å². The zero-order valence-corrected chi connectivity index (χ0v) is 12.5. The normalized spacial score (nSPS) is 11.3. The summed E-state index contributed by atoms with van der Waals surface area (Å²) in [6, 6.07) is 3.57. The Hall–Kier alpha value is -1.89. The Morgan fingerprint density at radius 2 is 2.25 bits per heavy atom. The van der Waals surface area contributed by atoms with E-state index in [4.69, 9.17) is 0 Å². The SMILES string of the molecule is CC(C)(C)SCC(=O)Nc1cccnc1-n1cncn1. The van der Waals surface area contributed by atoms with Gasteiger partial charge in [-0.1, -0.05) is 20.8 Å². The molecule has 0 unspecified atom stereocenters. The molecule has 0 saturated heterocycles. The van der Waals surface area contributed by atoms with Gasteiger partial charge in [0.2, 0.25) is 5.91 Å². The zero-order valence-electron chi connectivity index (χ0n) is 11.7. The van der Waals surface area contributed by atoms with Gasteiger partial charge in [-0.25, -0.2) is 14.6 Å². The summed E-state index contributed by atoms with van der Waals surface area (Å²) in [6.07, 6.45) is 4.62. The second-order valence-corrected chi connectivity index (χ2v) is 6.97. The van der Waals surface area contributed by atoms with Crippen LogP contribution in [0.3, 0.4) is 0 Å². The largest absolute Gasteiger partial charge is 0.322 e. The molecule has 2 aromatic heterocycles. The van der Waals surface area contributed by atoms with Crippen LogP contribution in [0.4, 0.5) is 5.69 Å². The number of thioether (sulfide) groups is 1. The molecule has 0 spiro atoms. The molecule has 0 aromatic carbocycles. The van der Waals surface area contributed by atoms with Crippen LogP contribution >= 0.6 is 11.8 Å². The van der Waals surface area contributed by atoms with Crippen LogP contribution in [0.25, 0.3) is 5.82 Å². The average Bonchev–Trinajstić information content (AvgIpc) is 2.90. The lowest BCUT2D eigenvalue weighted by Crippen LogP contribution is -2.20. The monoisotopic (exact) mass is 291 g/mol. The number of nitrogens with one attached hydrogen (secondary N) is 1. The van der Waals surface area contributed by atoms with Gasteiger partial charge < -0.3 is 5.32 Å². The van der Waals surface area contributed by atoms with Crippen LogP contribution in [0, 0.1) is 0 Å². The van der Waals surface area contributed by atoms with Crippen molar-refractivity contribution < 1.29 is 4.79 Å². The topological polar surface area (TPSA) is 72.7 Å². The molecular weight excluding hydrogens is 274 g/mol. The van der Waals surface area contributed by atoms with Gasteiger partial charge in [-0.05, 0) is 12.1 Å². The minimum atomic E-state index is -0.0562. The van der Waals surface area contributed by atoms with Crippen molar-refractivity contribution in [1.82, 2.24) is 19.7 Å². The average molecular weight is 291 g/mol. The maximum absolute atomic E-state index is 12.0. The van der Waals surface area contributed by atoms with E-state index in [1.807, 2.05) is 0 Å². The minimum absolute atomic E-state index is 0.0562. The Morgan fingerprint density at radius 1 is 1.45 bits per heavy atom. The lowest BCUT2D eigenvalue weighted by molar-refractivity contribution is -0.113. The third-order valence-corrected chi connectivity index (χ3v) is 3.61. The van der Waals surface area contributed by atoms with E-state index in [1.165, 1.54) is 11.0 Å². The molecular formula is C13H17N5OS. The highest BCUT2D eigenvalue weighted by Crippen LogP contribution is 2.23. The summed E-state index contributed by atoms with van der Waals surface area (Å²) in [5.41, 5.74) is 0.623. The lowest BCUT2D eigenvalue weighted by atomic mass is 10.3. The molecule has 2 aromatic rings. The summed E-state index contributed by atoms with van der Waals surface area (Å²) in [5.74, 6) is 0.897. The van der Waals surface area contributed by atoms with Gasteiger partial charge in [0, 0.05) is 10.9 Å². The number of nitrogens with zero attached hydrogens (tertiary/aromatic N) is 4. The van der Waals surface area contributed by atoms with Crippen molar-refractivity contribution in [2.24, 2.45) is 0 Å². The third-order valence-electron chi connectivity index (χ3n) is 2.33. The fourth-order valence-electron chi connectivity index (χ4n) is 1.46. The smallest absolute Gasteiger partial charge is 0.234 e. The number of carbonyl (C=O) groups is 1. The maximum Gasteiger partial charge on any atom is 0.234 e. The van der Waals surface area contributed by atoms with Crippen molar-refractivity contribution >= 4 is 23.4 Å². The number of carbonyl (C=O) groups excluding carboxylic acids is 1. The number of aromatic nitrogens is 4. The highest BCUT2D eigenvalue weighted by molar-refractivity contribution is 8.01. The van der Waals surface area contributed by atoms with E-state index in [2.05, 4.69) is 41.2 Å². The molecule has 0 aliphatic carbocycles. The van der Waals surface area contributed by atoms with Crippen molar-refractivity contribution in [2.75, 3.05) is 11.1 Å². The first-order chi connectivity index (χ1) is 9.46. The van der Waals surface area contributed by atoms with Crippen LogP contribution in [0.1, 0.15) is 20.8 Å². The second-order valence-electron chi connectivity index (χ2n) is 5.16. The van der Waals surface area contributed by atoms with Gasteiger partial charge in [-0.15, -0.1) is 11.8 Å². The Kier molecular flexibility index (Phi) is 4.39. The molecule has 20 heavy (non-hydrogen) atoms. The van der Waals surface area contributed by atoms with Crippen molar-refractivity contribution in [3.05, 3.63) is 31.0 Å². The summed E-state index contributed by atoms with van der Waals surface area (Å²) >= 11 is 1.60. The number of anilines is 1. The van der Waals surface area contributed by atoms with Crippen LogP contribution in [0.2, 0.25) is 0 Å². The molecule has 0 radical (unpaired) electrons. The molecule has 0 fully saturated rings. The quantitative estimate of drug-likeness (QED) is 0.934. The van der Waals surface area contributed by atoms with E-state index in [0.717, 1.165) is 0 Å². The molecule has 6 nitrogen and oxygen atoms in total. The molecule has 106 valence electrons. The molecule has 2 rings (SSSR count). The highest BCUT2D eigenvalue weighted by atomic mass is 32.2. The van der Waals surface area contributed by atoms with E-state index in [0.29, 0.717) is 17.3 Å². The van der Waals surface area contributed by atoms with E-state index < -0.39 is 0 Å². The van der Waals surface area contributed by atoms with Gasteiger partial charge in [0.15, 0.2) is 5.82 Å². The van der Waals surface area contributed by atoms with Gasteiger partial charge in [0.25, 0.3) is 0 Å². The van der Waals surface area contributed by atoms with E-state index in [-0.39, 0.29) is 10.7 Å². The van der Waals surface area contributed by atoms with Crippen LogP contribution < -0.4 is 5.32 Å². The molecule has 7 heteroatoms. The molecule has 0 bridgehead atoms. The highest BCUT2D eigenvalue weighted by Gasteiger charge is 2.15. The van der Waals surface area contributed by atoms with Crippen LogP contribution in [0.15, 0.2) is 31.0 Å². The number of amides is 1. The number of hydrogen-bond donors (Lipinski definition) is 1. The van der Waals surface area contributed by atoms with E-state index in [1.54, 1.807) is 36.4 Å². The van der Waals surface area contributed by atoms with Crippen LogP contribution in [-0.2, 0) is 4.79 Å². The number of pyridine rings is 1. The van der Waals surface area contributed by atoms with Crippen molar-refractivity contribution in [1.29, 1.82) is 0 Å². The summed E-state index contributed by atoms with van der Waals surface area (Å²) in [6.45, 7) is 6.24. The molecule has 0 aliphatic heterocycles. The minimum Gasteiger partial charge on any atom is -0.322 e. The Bertz CT molecular complexity index is 577. The van der Waals surface area contributed by atoms with Gasteiger partial charge in [0.05, 0.1) is 11.4 Å². The summed E-state index contributed by atoms with van der Waals surface area (Å²) in [5, 5.41) is 6.89. The Balaban J connectivity index is 2.08. The van der Waals surface area contributed by atoms with E-state index >= 15 is 0 Å².